The molecular formula is C28H35N7O. The molecule has 0 amide bonds. The number of benzene rings is 1. The van der Waals surface area contributed by atoms with E-state index in [2.05, 4.69) is 68.4 Å². The van der Waals surface area contributed by atoms with Gasteiger partial charge in [0.25, 0.3) is 0 Å². The SMILES string of the molecule is COCc1cccc(-c2[nH]ncc2-c2ccc3ncc(NCCN4CCN(C(C)C)CC4)cc3n2)c1. The van der Waals surface area contributed by atoms with Gasteiger partial charge in [0.2, 0.25) is 0 Å². The number of fused-ring (bicyclic) bond motifs is 1. The van der Waals surface area contributed by atoms with E-state index in [1.807, 2.05) is 30.6 Å². The van der Waals surface area contributed by atoms with Crippen LogP contribution in [-0.4, -0.2) is 82.4 Å². The van der Waals surface area contributed by atoms with Gasteiger partial charge in [-0.2, -0.15) is 5.10 Å². The predicted molar refractivity (Wildman–Crippen MR) is 145 cm³/mol. The van der Waals surface area contributed by atoms with E-state index in [1.165, 1.54) is 0 Å². The number of piperazine rings is 1. The van der Waals surface area contributed by atoms with Gasteiger partial charge in [0.15, 0.2) is 0 Å². The maximum absolute atomic E-state index is 5.29. The molecule has 5 rings (SSSR count). The standard InChI is InChI=1S/C28H35N7O/c1-20(2)35-13-11-34(12-14-35)10-9-29-23-16-27-26(30-17-23)8-7-25(32-27)24-18-31-33-28(24)22-6-4-5-21(15-22)19-36-3/h4-8,15-18,20,29H,9-14,19H2,1-3H3,(H,31,33). The van der Waals surface area contributed by atoms with E-state index >= 15 is 0 Å². The van der Waals surface area contributed by atoms with Crippen molar-refractivity contribution < 1.29 is 4.74 Å². The van der Waals surface area contributed by atoms with Gasteiger partial charge in [0.05, 0.1) is 47.1 Å². The molecule has 0 aliphatic carbocycles. The number of anilines is 1. The van der Waals surface area contributed by atoms with Crippen LogP contribution in [0.15, 0.2) is 54.9 Å². The zero-order chi connectivity index (χ0) is 24.9. The Labute approximate surface area is 212 Å². The van der Waals surface area contributed by atoms with Gasteiger partial charge in [-0.15, -0.1) is 0 Å². The summed E-state index contributed by atoms with van der Waals surface area (Å²) in [4.78, 5) is 14.6. The minimum Gasteiger partial charge on any atom is -0.382 e. The molecular weight excluding hydrogens is 450 g/mol. The van der Waals surface area contributed by atoms with Gasteiger partial charge in [-0.05, 0) is 43.7 Å². The first kappa shape index (κ1) is 24.4. The largest absolute Gasteiger partial charge is 0.382 e. The van der Waals surface area contributed by atoms with Crippen LogP contribution in [-0.2, 0) is 11.3 Å². The van der Waals surface area contributed by atoms with Crippen molar-refractivity contribution in [2.45, 2.75) is 26.5 Å². The zero-order valence-electron chi connectivity index (χ0n) is 21.4. The summed E-state index contributed by atoms with van der Waals surface area (Å²) in [6.07, 6.45) is 3.73. The van der Waals surface area contributed by atoms with Gasteiger partial charge in [0, 0.05) is 63.5 Å². The summed E-state index contributed by atoms with van der Waals surface area (Å²) >= 11 is 0. The molecule has 4 aromatic rings. The molecule has 1 aromatic carbocycles. The Morgan fingerprint density at radius 3 is 2.69 bits per heavy atom. The molecule has 8 heteroatoms. The van der Waals surface area contributed by atoms with Gasteiger partial charge >= 0.3 is 0 Å². The summed E-state index contributed by atoms with van der Waals surface area (Å²) < 4.78 is 5.29. The lowest BCUT2D eigenvalue weighted by atomic mass is 10.0. The zero-order valence-corrected chi connectivity index (χ0v) is 21.4. The first-order valence-corrected chi connectivity index (χ1v) is 12.7. The highest BCUT2D eigenvalue weighted by Gasteiger charge is 2.18. The molecule has 1 fully saturated rings. The Morgan fingerprint density at radius 1 is 1.03 bits per heavy atom. The van der Waals surface area contributed by atoms with E-state index in [0.29, 0.717) is 12.6 Å². The average Bonchev–Trinajstić information content (AvgIpc) is 3.39. The quantitative estimate of drug-likeness (QED) is 0.366. The number of aromatic amines is 1. The maximum atomic E-state index is 5.29. The van der Waals surface area contributed by atoms with Crippen molar-refractivity contribution in [3.05, 3.63) is 60.4 Å². The van der Waals surface area contributed by atoms with Gasteiger partial charge in [-0.3, -0.25) is 19.9 Å². The second-order valence-corrected chi connectivity index (χ2v) is 9.65. The van der Waals surface area contributed by atoms with Crippen LogP contribution in [0.25, 0.3) is 33.5 Å². The number of nitrogens with zero attached hydrogens (tertiary/aromatic N) is 5. The number of H-pyrrole nitrogens is 1. The highest BCUT2D eigenvalue weighted by atomic mass is 16.5. The second-order valence-electron chi connectivity index (χ2n) is 9.65. The lowest BCUT2D eigenvalue weighted by Crippen LogP contribution is -2.49. The van der Waals surface area contributed by atoms with Crippen molar-refractivity contribution in [1.29, 1.82) is 0 Å². The lowest BCUT2D eigenvalue weighted by Gasteiger charge is -2.36. The summed E-state index contributed by atoms with van der Waals surface area (Å²) in [5, 5.41) is 11.0. The minimum absolute atomic E-state index is 0.571. The molecule has 188 valence electrons. The number of hydrogen-bond acceptors (Lipinski definition) is 7. The lowest BCUT2D eigenvalue weighted by molar-refractivity contribution is 0.111. The molecule has 0 unspecified atom stereocenters. The Morgan fingerprint density at radius 2 is 1.89 bits per heavy atom. The van der Waals surface area contributed by atoms with Gasteiger partial charge in [-0.25, -0.2) is 4.98 Å². The molecule has 4 heterocycles. The van der Waals surface area contributed by atoms with Gasteiger partial charge in [0.1, 0.15) is 0 Å². The topological polar surface area (TPSA) is 82.2 Å². The molecule has 36 heavy (non-hydrogen) atoms. The predicted octanol–water partition coefficient (Wildman–Crippen LogP) is 4.27. The number of ether oxygens (including phenoxy) is 1. The average molecular weight is 486 g/mol. The van der Waals surface area contributed by atoms with Crippen LogP contribution in [0.3, 0.4) is 0 Å². The highest BCUT2D eigenvalue weighted by molar-refractivity contribution is 5.84. The second kappa shape index (κ2) is 11.2. The monoisotopic (exact) mass is 485 g/mol. The van der Waals surface area contributed by atoms with E-state index in [-0.39, 0.29) is 0 Å². The summed E-state index contributed by atoms with van der Waals surface area (Å²) in [5.41, 5.74) is 7.68. The van der Waals surface area contributed by atoms with Gasteiger partial charge < -0.3 is 10.1 Å². The first-order valence-electron chi connectivity index (χ1n) is 12.7. The van der Waals surface area contributed by atoms with Crippen LogP contribution in [0.1, 0.15) is 19.4 Å². The molecule has 1 aliphatic heterocycles. The van der Waals surface area contributed by atoms with E-state index < -0.39 is 0 Å². The highest BCUT2D eigenvalue weighted by Crippen LogP contribution is 2.30. The molecule has 0 radical (unpaired) electrons. The Hall–Kier alpha value is -3.33. The Kier molecular flexibility index (Phi) is 7.55. The molecule has 3 aromatic heterocycles. The fourth-order valence-corrected chi connectivity index (χ4v) is 4.80. The van der Waals surface area contributed by atoms with E-state index in [0.717, 1.165) is 84.1 Å². The number of nitrogens with one attached hydrogen (secondary N) is 2. The molecule has 8 nitrogen and oxygen atoms in total. The molecule has 0 bridgehead atoms. The maximum Gasteiger partial charge on any atom is 0.0914 e. The van der Waals surface area contributed by atoms with Crippen LogP contribution in [0.4, 0.5) is 5.69 Å². The number of pyridine rings is 2. The smallest absolute Gasteiger partial charge is 0.0914 e. The third-order valence-corrected chi connectivity index (χ3v) is 6.87. The molecule has 1 saturated heterocycles. The fourth-order valence-electron chi connectivity index (χ4n) is 4.80. The fraction of sp³-hybridized carbons (Fsp3) is 0.393. The third kappa shape index (κ3) is 5.56. The van der Waals surface area contributed by atoms with Crippen molar-refractivity contribution in [3.63, 3.8) is 0 Å². The molecule has 0 saturated carbocycles. The van der Waals surface area contributed by atoms with Crippen LogP contribution in [0.2, 0.25) is 0 Å². The number of aromatic nitrogens is 4. The Balaban J connectivity index is 1.28. The van der Waals surface area contributed by atoms with Crippen molar-refractivity contribution in [2.24, 2.45) is 0 Å². The van der Waals surface area contributed by atoms with Crippen LogP contribution in [0.5, 0.6) is 0 Å². The molecule has 0 atom stereocenters. The van der Waals surface area contributed by atoms with Crippen LogP contribution in [0, 0.1) is 0 Å². The van der Waals surface area contributed by atoms with E-state index in [1.54, 1.807) is 7.11 Å². The summed E-state index contributed by atoms with van der Waals surface area (Å²) in [5.74, 6) is 0. The molecule has 0 spiro atoms. The summed E-state index contributed by atoms with van der Waals surface area (Å²) in [6, 6.07) is 15.0. The summed E-state index contributed by atoms with van der Waals surface area (Å²) in [7, 11) is 1.71. The van der Waals surface area contributed by atoms with E-state index in [4.69, 9.17) is 9.72 Å². The number of hydrogen-bond donors (Lipinski definition) is 2. The van der Waals surface area contributed by atoms with Crippen molar-refractivity contribution in [2.75, 3.05) is 51.7 Å². The minimum atomic E-state index is 0.571. The first-order chi connectivity index (χ1) is 17.6. The summed E-state index contributed by atoms with van der Waals surface area (Å²) in [6.45, 7) is 11.6. The third-order valence-electron chi connectivity index (χ3n) is 6.87. The number of methoxy groups -OCH3 is 1. The van der Waals surface area contributed by atoms with Gasteiger partial charge in [-0.1, -0.05) is 18.2 Å². The number of rotatable bonds is 9. The Bertz CT molecular complexity index is 1290. The van der Waals surface area contributed by atoms with Crippen molar-refractivity contribution in [1.82, 2.24) is 30.0 Å². The van der Waals surface area contributed by atoms with Crippen molar-refractivity contribution in [3.8, 4) is 22.5 Å². The van der Waals surface area contributed by atoms with E-state index in [9.17, 15) is 0 Å². The molecule has 1 aliphatic rings. The normalized spacial score (nSPS) is 15.1. The van der Waals surface area contributed by atoms with Crippen LogP contribution < -0.4 is 5.32 Å². The van der Waals surface area contributed by atoms with Crippen LogP contribution >= 0.6 is 0 Å². The van der Waals surface area contributed by atoms with Crippen molar-refractivity contribution >= 4 is 16.7 Å². The molecule has 2 N–H and O–H groups in total.